The second kappa shape index (κ2) is 54.9. The molecule has 0 aromatic heterocycles. The lowest BCUT2D eigenvalue weighted by atomic mass is 10.0. The summed E-state index contributed by atoms with van der Waals surface area (Å²) < 4.78 is 16.8. The molecule has 6 heteroatoms. The summed E-state index contributed by atoms with van der Waals surface area (Å²) in [5.41, 5.74) is 0. The van der Waals surface area contributed by atoms with E-state index in [4.69, 9.17) is 14.2 Å². The van der Waals surface area contributed by atoms with E-state index in [0.717, 1.165) is 109 Å². The number of ether oxygens (including phenoxy) is 3. The lowest BCUT2D eigenvalue weighted by Crippen LogP contribution is -2.30. The summed E-state index contributed by atoms with van der Waals surface area (Å²) >= 11 is 0. The van der Waals surface area contributed by atoms with Crippen LogP contribution in [0.1, 0.15) is 252 Å². The molecule has 0 aliphatic rings. The largest absolute Gasteiger partial charge is 0.462 e. The van der Waals surface area contributed by atoms with Crippen molar-refractivity contribution in [3.05, 3.63) is 97.2 Å². The number of unbranched alkanes of at least 4 members (excludes halogenated alkanes) is 28. The van der Waals surface area contributed by atoms with E-state index in [1.54, 1.807) is 0 Å². The standard InChI is InChI=1S/C61H102O6/c1-4-7-10-13-16-19-22-25-27-29-31-33-36-39-42-45-48-51-54-60(63)66-57-58(56-65-59(62)53-50-47-44-41-38-35-24-21-18-15-12-9-6-3)67-61(64)55-52-49-46-43-40-37-34-32-30-28-26-23-20-17-14-11-8-5-2/h9-10,12-13,15-16,18-19,21-22,24-25,27,29,31,33,58H,4-8,11,14,17,20,23,26,28,30,32,34-57H2,1-3H3/b12-9+,13-10+,18-15+,19-16+,24-21+,25-22+,29-27+,33-31+. The highest BCUT2D eigenvalue weighted by molar-refractivity contribution is 5.71. The van der Waals surface area contributed by atoms with E-state index in [1.165, 1.54) is 103 Å². The molecule has 0 rings (SSSR count). The first-order valence-electron chi connectivity index (χ1n) is 27.8. The van der Waals surface area contributed by atoms with Crippen LogP contribution in [0.2, 0.25) is 0 Å². The van der Waals surface area contributed by atoms with Gasteiger partial charge < -0.3 is 14.2 Å². The van der Waals surface area contributed by atoms with Gasteiger partial charge in [0.05, 0.1) is 0 Å². The van der Waals surface area contributed by atoms with Crippen LogP contribution in [-0.4, -0.2) is 37.2 Å². The van der Waals surface area contributed by atoms with E-state index >= 15 is 0 Å². The van der Waals surface area contributed by atoms with Crippen LogP contribution < -0.4 is 0 Å². The predicted molar refractivity (Wildman–Crippen MR) is 288 cm³/mol. The Labute approximate surface area is 413 Å². The van der Waals surface area contributed by atoms with Crippen LogP contribution in [0.4, 0.5) is 0 Å². The van der Waals surface area contributed by atoms with Gasteiger partial charge >= 0.3 is 17.9 Å². The van der Waals surface area contributed by atoms with Gasteiger partial charge in [-0.15, -0.1) is 0 Å². The number of hydrogen-bond acceptors (Lipinski definition) is 6. The van der Waals surface area contributed by atoms with Gasteiger partial charge in [0.2, 0.25) is 0 Å². The Morgan fingerprint density at radius 2 is 0.612 bits per heavy atom. The minimum Gasteiger partial charge on any atom is -0.462 e. The fraction of sp³-hybridized carbons (Fsp3) is 0.689. The molecule has 0 fully saturated rings. The Bertz CT molecular complexity index is 1350. The molecule has 0 aliphatic heterocycles. The summed E-state index contributed by atoms with van der Waals surface area (Å²) in [4.78, 5) is 38.1. The van der Waals surface area contributed by atoms with Gasteiger partial charge in [0.1, 0.15) is 13.2 Å². The lowest BCUT2D eigenvalue weighted by Gasteiger charge is -2.18. The Morgan fingerprint density at radius 1 is 0.313 bits per heavy atom. The van der Waals surface area contributed by atoms with E-state index in [1.807, 2.05) is 24.3 Å². The van der Waals surface area contributed by atoms with E-state index in [-0.39, 0.29) is 31.1 Å². The Balaban J connectivity index is 4.44. The molecule has 0 aromatic rings. The van der Waals surface area contributed by atoms with E-state index in [2.05, 4.69) is 93.7 Å². The molecule has 0 spiro atoms. The van der Waals surface area contributed by atoms with Gasteiger partial charge in [-0.25, -0.2) is 0 Å². The molecule has 0 aliphatic carbocycles. The predicted octanol–water partition coefficient (Wildman–Crippen LogP) is 18.5. The Hall–Kier alpha value is -3.67. The molecule has 0 saturated carbocycles. The zero-order valence-corrected chi connectivity index (χ0v) is 43.6. The van der Waals surface area contributed by atoms with Gasteiger partial charge in [-0.05, 0) is 57.8 Å². The quantitative estimate of drug-likeness (QED) is 0.0262. The van der Waals surface area contributed by atoms with Crippen LogP contribution in [0.5, 0.6) is 0 Å². The molecule has 67 heavy (non-hydrogen) atoms. The van der Waals surface area contributed by atoms with Gasteiger partial charge in [0.25, 0.3) is 0 Å². The SMILES string of the molecule is CC/C=C/C=C/C=C/CCCCCCCC(=O)OCC(COC(=O)CCCCCCC/C=C/C=C/C=C/C=C/C=C/CCC)OC(=O)CCCCCCCCCCCCCCCCCCCC. The summed E-state index contributed by atoms with van der Waals surface area (Å²) in [6, 6.07) is 0. The van der Waals surface area contributed by atoms with Crippen molar-refractivity contribution in [2.24, 2.45) is 0 Å². The molecular weight excluding hydrogens is 829 g/mol. The average molecular weight is 931 g/mol. The number of allylic oxidation sites excluding steroid dienone is 16. The fourth-order valence-electron chi connectivity index (χ4n) is 7.59. The van der Waals surface area contributed by atoms with Gasteiger partial charge in [0.15, 0.2) is 6.10 Å². The summed E-state index contributed by atoms with van der Waals surface area (Å²) in [5.74, 6) is -0.935. The average Bonchev–Trinajstić information content (AvgIpc) is 3.33. The van der Waals surface area contributed by atoms with Crippen LogP contribution in [-0.2, 0) is 28.6 Å². The summed E-state index contributed by atoms with van der Waals surface area (Å²) in [6.45, 7) is 6.39. The molecule has 382 valence electrons. The highest BCUT2D eigenvalue weighted by atomic mass is 16.6. The Morgan fingerprint density at radius 3 is 0.970 bits per heavy atom. The summed E-state index contributed by atoms with van der Waals surface area (Å²) in [5, 5.41) is 0. The number of carbonyl (C=O) groups excluding carboxylic acids is 3. The van der Waals surface area contributed by atoms with Crippen molar-refractivity contribution < 1.29 is 28.6 Å². The van der Waals surface area contributed by atoms with E-state index in [9.17, 15) is 14.4 Å². The third-order valence-electron chi connectivity index (χ3n) is 11.7. The minimum absolute atomic E-state index is 0.0959. The van der Waals surface area contributed by atoms with Crippen LogP contribution >= 0.6 is 0 Å². The van der Waals surface area contributed by atoms with Crippen molar-refractivity contribution in [2.75, 3.05) is 13.2 Å². The number of rotatable bonds is 49. The number of esters is 3. The van der Waals surface area contributed by atoms with Crippen LogP contribution in [0.3, 0.4) is 0 Å². The summed E-state index contributed by atoms with van der Waals surface area (Å²) in [7, 11) is 0. The maximum absolute atomic E-state index is 12.8. The highest BCUT2D eigenvalue weighted by Gasteiger charge is 2.19. The summed E-state index contributed by atoms with van der Waals surface area (Å²) in [6.07, 6.45) is 72.5. The second-order valence-corrected chi connectivity index (χ2v) is 18.3. The van der Waals surface area contributed by atoms with Gasteiger partial charge in [0, 0.05) is 19.3 Å². The molecule has 0 bridgehead atoms. The molecule has 0 amide bonds. The number of carbonyl (C=O) groups is 3. The Kier molecular flexibility index (Phi) is 51.9. The van der Waals surface area contributed by atoms with Gasteiger partial charge in [-0.2, -0.15) is 0 Å². The normalized spacial score (nSPS) is 12.8. The zero-order valence-electron chi connectivity index (χ0n) is 43.6. The molecule has 6 nitrogen and oxygen atoms in total. The van der Waals surface area contributed by atoms with Crippen molar-refractivity contribution in [2.45, 2.75) is 258 Å². The smallest absolute Gasteiger partial charge is 0.306 e. The van der Waals surface area contributed by atoms with Crippen LogP contribution in [0.25, 0.3) is 0 Å². The second-order valence-electron chi connectivity index (χ2n) is 18.3. The topological polar surface area (TPSA) is 78.9 Å². The molecule has 0 saturated heterocycles. The minimum atomic E-state index is -0.796. The molecule has 0 heterocycles. The molecule has 1 unspecified atom stereocenters. The van der Waals surface area contributed by atoms with Crippen molar-refractivity contribution in [1.29, 1.82) is 0 Å². The first-order chi connectivity index (χ1) is 33.0. The molecule has 1 atom stereocenters. The maximum Gasteiger partial charge on any atom is 0.306 e. The molecular formula is C61H102O6. The zero-order chi connectivity index (χ0) is 48.6. The van der Waals surface area contributed by atoms with Gasteiger partial charge in [-0.1, -0.05) is 272 Å². The first kappa shape index (κ1) is 63.3. The molecule has 0 N–H and O–H groups in total. The van der Waals surface area contributed by atoms with Crippen molar-refractivity contribution in [3.63, 3.8) is 0 Å². The van der Waals surface area contributed by atoms with Crippen LogP contribution in [0.15, 0.2) is 97.2 Å². The monoisotopic (exact) mass is 931 g/mol. The highest BCUT2D eigenvalue weighted by Crippen LogP contribution is 2.16. The van der Waals surface area contributed by atoms with Crippen LogP contribution in [0, 0.1) is 0 Å². The fourth-order valence-corrected chi connectivity index (χ4v) is 7.59. The van der Waals surface area contributed by atoms with Crippen molar-refractivity contribution in [3.8, 4) is 0 Å². The first-order valence-corrected chi connectivity index (χ1v) is 27.8. The third-order valence-corrected chi connectivity index (χ3v) is 11.7. The van der Waals surface area contributed by atoms with E-state index < -0.39 is 6.10 Å². The number of hydrogen-bond donors (Lipinski definition) is 0. The molecule has 0 aromatic carbocycles. The molecule has 0 radical (unpaired) electrons. The maximum atomic E-state index is 12.8. The lowest BCUT2D eigenvalue weighted by molar-refractivity contribution is -0.167. The van der Waals surface area contributed by atoms with E-state index in [0.29, 0.717) is 19.3 Å². The third kappa shape index (κ3) is 53.2. The van der Waals surface area contributed by atoms with Crippen molar-refractivity contribution in [1.82, 2.24) is 0 Å². The van der Waals surface area contributed by atoms with Crippen molar-refractivity contribution >= 4 is 17.9 Å². The van der Waals surface area contributed by atoms with Gasteiger partial charge in [-0.3, -0.25) is 14.4 Å².